The van der Waals surface area contributed by atoms with Crippen molar-refractivity contribution in [2.45, 2.75) is 20.0 Å². The van der Waals surface area contributed by atoms with Crippen molar-refractivity contribution in [3.63, 3.8) is 0 Å². The summed E-state index contributed by atoms with van der Waals surface area (Å²) >= 11 is 0. The first-order valence-corrected chi connectivity index (χ1v) is 6.34. The zero-order chi connectivity index (χ0) is 15.6. The molecular formula is C16H14F3NO. The molecule has 0 aliphatic rings. The Labute approximate surface area is 120 Å². The SMILES string of the molecule is Cc1ccc(C(=O)Nc2ccccc2C(F)(F)F)cc1C. The molecule has 0 aliphatic carbocycles. The molecule has 0 heterocycles. The average Bonchev–Trinajstić information content (AvgIpc) is 2.41. The van der Waals surface area contributed by atoms with Gasteiger partial charge in [0.15, 0.2) is 0 Å². The Morgan fingerprint density at radius 3 is 2.29 bits per heavy atom. The highest BCUT2D eigenvalue weighted by atomic mass is 19.4. The summed E-state index contributed by atoms with van der Waals surface area (Å²) in [5.41, 5.74) is 1.15. The van der Waals surface area contributed by atoms with Gasteiger partial charge in [0, 0.05) is 5.56 Å². The molecular weight excluding hydrogens is 279 g/mol. The number of para-hydroxylation sites is 1. The van der Waals surface area contributed by atoms with E-state index in [1.165, 1.54) is 18.2 Å². The van der Waals surface area contributed by atoms with Gasteiger partial charge < -0.3 is 5.32 Å². The molecule has 0 radical (unpaired) electrons. The van der Waals surface area contributed by atoms with Crippen molar-refractivity contribution in [2.75, 3.05) is 5.32 Å². The number of nitrogens with one attached hydrogen (secondary N) is 1. The van der Waals surface area contributed by atoms with E-state index in [1.807, 2.05) is 13.8 Å². The van der Waals surface area contributed by atoms with Crippen LogP contribution in [0.15, 0.2) is 42.5 Å². The number of carbonyl (C=O) groups excluding carboxylic acids is 1. The largest absolute Gasteiger partial charge is 0.418 e. The van der Waals surface area contributed by atoms with Crippen LogP contribution >= 0.6 is 0 Å². The van der Waals surface area contributed by atoms with Gasteiger partial charge in [-0.05, 0) is 49.2 Å². The fraction of sp³-hybridized carbons (Fsp3) is 0.188. The fourth-order valence-corrected chi connectivity index (χ4v) is 1.92. The number of hydrogen-bond donors (Lipinski definition) is 1. The predicted octanol–water partition coefficient (Wildman–Crippen LogP) is 4.57. The van der Waals surface area contributed by atoms with Crippen LogP contribution in [0, 0.1) is 13.8 Å². The summed E-state index contributed by atoms with van der Waals surface area (Å²) in [5.74, 6) is -0.560. The normalized spacial score (nSPS) is 11.3. The van der Waals surface area contributed by atoms with E-state index in [1.54, 1.807) is 18.2 Å². The Morgan fingerprint density at radius 1 is 1.00 bits per heavy atom. The molecule has 2 aromatic carbocycles. The second kappa shape index (κ2) is 5.60. The lowest BCUT2D eigenvalue weighted by Crippen LogP contribution is -2.16. The maximum Gasteiger partial charge on any atom is 0.418 e. The molecule has 0 saturated heterocycles. The van der Waals surface area contributed by atoms with Crippen LogP contribution in [-0.2, 0) is 6.18 Å². The van der Waals surface area contributed by atoms with E-state index in [0.717, 1.165) is 17.2 Å². The summed E-state index contributed by atoms with van der Waals surface area (Å²) < 4.78 is 38.6. The Balaban J connectivity index is 2.30. The van der Waals surface area contributed by atoms with Crippen LogP contribution in [0.25, 0.3) is 0 Å². The number of halogens is 3. The topological polar surface area (TPSA) is 29.1 Å². The van der Waals surface area contributed by atoms with Crippen LogP contribution in [0.4, 0.5) is 18.9 Å². The smallest absolute Gasteiger partial charge is 0.321 e. The minimum absolute atomic E-state index is 0.242. The van der Waals surface area contributed by atoms with Crippen molar-refractivity contribution in [1.29, 1.82) is 0 Å². The molecule has 0 atom stereocenters. The van der Waals surface area contributed by atoms with Crippen LogP contribution < -0.4 is 5.32 Å². The molecule has 2 nitrogen and oxygen atoms in total. The van der Waals surface area contributed by atoms with Crippen LogP contribution in [0.1, 0.15) is 27.0 Å². The number of amides is 1. The van der Waals surface area contributed by atoms with Crippen LogP contribution in [0.2, 0.25) is 0 Å². The third-order valence-corrected chi connectivity index (χ3v) is 3.25. The zero-order valence-corrected chi connectivity index (χ0v) is 11.6. The number of aryl methyl sites for hydroxylation is 2. The third kappa shape index (κ3) is 3.42. The highest BCUT2D eigenvalue weighted by Gasteiger charge is 2.33. The van der Waals surface area contributed by atoms with E-state index in [2.05, 4.69) is 5.32 Å². The average molecular weight is 293 g/mol. The number of alkyl halides is 3. The molecule has 0 saturated carbocycles. The number of hydrogen-bond acceptors (Lipinski definition) is 1. The predicted molar refractivity (Wildman–Crippen MR) is 75.3 cm³/mol. The molecule has 2 rings (SSSR count). The highest BCUT2D eigenvalue weighted by Crippen LogP contribution is 2.34. The third-order valence-electron chi connectivity index (χ3n) is 3.25. The van der Waals surface area contributed by atoms with Gasteiger partial charge in [0.2, 0.25) is 0 Å². The van der Waals surface area contributed by atoms with Crippen molar-refractivity contribution >= 4 is 11.6 Å². The van der Waals surface area contributed by atoms with E-state index in [4.69, 9.17) is 0 Å². The lowest BCUT2D eigenvalue weighted by atomic mass is 10.1. The molecule has 0 fully saturated rings. The molecule has 1 N–H and O–H groups in total. The molecule has 0 unspecified atom stereocenters. The van der Waals surface area contributed by atoms with Crippen LogP contribution in [0.3, 0.4) is 0 Å². The van der Waals surface area contributed by atoms with Gasteiger partial charge in [-0.15, -0.1) is 0 Å². The molecule has 1 amide bonds. The van der Waals surface area contributed by atoms with Gasteiger partial charge in [0.05, 0.1) is 11.3 Å². The van der Waals surface area contributed by atoms with Crippen LogP contribution in [0.5, 0.6) is 0 Å². The van der Waals surface area contributed by atoms with E-state index >= 15 is 0 Å². The second-order valence-electron chi connectivity index (χ2n) is 4.80. The number of rotatable bonds is 2. The van der Waals surface area contributed by atoms with Crippen molar-refractivity contribution < 1.29 is 18.0 Å². The van der Waals surface area contributed by atoms with E-state index in [0.29, 0.717) is 5.56 Å². The van der Waals surface area contributed by atoms with Gasteiger partial charge in [-0.25, -0.2) is 0 Å². The van der Waals surface area contributed by atoms with E-state index < -0.39 is 17.6 Å². The maximum atomic E-state index is 12.9. The first kappa shape index (κ1) is 15.1. The summed E-state index contributed by atoms with van der Waals surface area (Å²) in [6.45, 7) is 3.74. The van der Waals surface area contributed by atoms with E-state index in [-0.39, 0.29) is 5.69 Å². The standard InChI is InChI=1S/C16H14F3NO/c1-10-7-8-12(9-11(10)2)15(21)20-14-6-4-3-5-13(14)16(17,18)19/h3-9H,1-2H3,(H,20,21). The Kier molecular flexibility index (Phi) is 4.02. The first-order chi connectivity index (χ1) is 9.79. The molecule has 110 valence electrons. The van der Waals surface area contributed by atoms with Gasteiger partial charge >= 0.3 is 6.18 Å². The summed E-state index contributed by atoms with van der Waals surface area (Å²) in [4.78, 5) is 12.1. The van der Waals surface area contributed by atoms with Gasteiger partial charge in [-0.1, -0.05) is 18.2 Å². The van der Waals surface area contributed by atoms with Gasteiger partial charge in [0.25, 0.3) is 5.91 Å². The molecule has 0 aromatic heterocycles. The van der Waals surface area contributed by atoms with Crippen molar-refractivity contribution in [3.05, 3.63) is 64.7 Å². The number of anilines is 1. The minimum Gasteiger partial charge on any atom is -0.321 e. The quantitative estimate of drug-likeness (QED) is 0.863. The summed E-state index contributed by atoms with van der Waals surface area (Å²) in [6, 6.07) is 9.92. The van der Waals surface area contributed by atoms with Crippen molar-refractivity contribution in [3.8, 4) is 0 Å². The maximum absolute atomic E-state index is 12.9. The van der Waals surface area contributed by atoms with Crippen molar-refractivity contribution in [1.82, 2.24) is 0 Å². The molecule has 5 heteroatoms. The van der Waals surface area contributed by atoms with E-state index in [9.17, 15) is 18.0 Å². The molecule has 21 heavy (non-hydrogen) atoms. The number of benzene rings is 2. The minimum atomic E-state index is -4.51. The second-order valence-corrected chi connectivity index (χ2v) is 4.80. The lowest BCUT2D eigenvalue weighted by Gasteiger charge is -2.13. The summed E-state index contributed by atoms with van der Waals surface area (Å²) in [6.07, 6.45) is -4.51. The summed E-state index contributed by atoms with van der Waals surface area (Å²) in [5, 5.41) is 2.32. The lowest BCUT2D eigenvalue weighted by molar-refractivity contribution is -0.136. The Hall–Kier alpha value is -2.30. The van der Waals surface area contributed by atoms with Gasteiger partial charge in [0.1, 0.15) is 0 Å². The molecule has 0 spiro atoms. The summed E-state index contributed by atoms with van der Waals surface area (Å²) in [7, 11) is 0. The van der Waals surface area contributed by atoms with Crippen molar-refractivity contribution in [2.24, 2.45) is 0 Å². The van der Waals surface area contributed by atoms with Crippen LogP contribution in [-0.4, -0.2) is 5.91 Å². The molecule has 0 aliphatic heterocycles. The molecule has 0 bridgehead atoms. The highest BCUT2D eigenvalue weighted by molar-refractivity contribution is 6.04. The fourth-order valence-electron chi connectivity index (χ4n) is 1.92. The van der Waals surface area contributed by atoms with Gasteiger partial charge in [-0.2, -0.15) is 13.2 Å². The van der Waals surface area contributed by atoms with Gasteiger partial charge in [-0.3, -0.25) is 4.79 Å². The first-order valence-electron chi connectivity index (χ1n) is 6.34. The Bertz CT molecular complexity index is 677. The number of carbonyl (C=O) groups is 1. The Morgan fingerprint density at radius 2 is 1.67 bits per heavy atom. The molecule has 2 aromatic rings. The monoisotopic (exact) mass is 293 g/mol. The zero-order valence-electron chi connectivity index (χ0n) is 11.6.